The first kappa shape index (κ1) is 22.8. The van der Waals surface area contributed by atoms with Gasteiger partial charge in [-0.1, -0.05) is 35.9 Å². The number of carbonyl (C=O) groups is 1. The van der Waals surface area contributed by atoms with Gasteiger partial charge in [0.05, 0.1) is 33.4 Å². The van der Waals surface area contributed by atoms with Gasteiger partial charge in [-0.15, -0.1) is 0 Å². The van der Waals surface area contributed by atoms with Crippen molar-refractivity contribution in [2.75, 3.05) is 5.32 Å². The first-order chi connectivity index (χ1) is 15.3. The number of aromatic nitrogens is 4. The van der Waals surface area contributed by atoms with Crippen LogP contribution in [0.1, 0.15) is 32.9 Å². The monoisotopic (exact) mass is 575 g/mol. The molecule has 0 fully saturated rings. The number of aryl methyl sites for hydroxylation is 1. The molecule has 4 aromatic rings. The van der Waals surface area contributed by atoms with Gasteiger partial charge < -0.3 is 5.32 Å². The summed E-state index contributed by atoms with van der Waals surface area (Å²) in [5.41, 5.74) is 4.71. The van der Waals surface area contributed by atoms with Crippen LogP contribution in [0, 0.1) is 13.8 Å². The Morgan fingerprint density at radius 2 is 1.59 bits per heavy atom. The van der Waals surface area contributed by atoms with E-state index in [1.807, 2.05) is 73.3 Å². The minimum Gasteiger partial charge on any atom is -0.304 e. The molecular weight excluding hydrogens is 558 g/mol. The van der Waals surface area contributed by atoms with E-state index in [0.29, 0.717) is 34.0 Å². The van der Waals surface area contributed by atoms with Gasteiger partial charge in [-0.25, -0.2) is 0 Å². The van der Waals surface area contributed by atoms with Gasteiger partial charge in [0.25, 0.3) is 5.91 Å². The fourth-order valence-electron chi connectivity index (χ4n) is 3.28. The number of halogens is 3. The summed E-state index contributed by atoms with van der Waals surface area (Å²) in [5.74, 6) is 0.253. The molecule has 0 bridgehead atoms. The van der Waals surface area contributed by atoms with E-state index in [1.165, 1.54) is 0 Å². The molecule has 164 valence electrons. The van der Waals surface area contributed by atoms with Gasteiger partial charge in [-0.3, -0.25) is 14.2 Å². The zero-order valence-corrected chi connectivity index (χ0v) is 21.4. The number of amides is 1. The molecule has 4 rings (SSSR count). The third-order valence-electron chi connectivity index (χ3n) is 5.05. The second-order valence-electron chi connectivity index (χ2n) is 7.44. The number of benzene rings is 2. The molecule has 0 aliphatic carbocycles. The number of anilines is 1. The van der Waals surface area contributed by atoms with Crippen molar-refractivity contribution in [3.8, 4) is 0 Å². The van der Waals surface area contributed by atoms with E-state index >= 15 is 0 Å². The SMILES string of the molecule is Cc1nn(Cc2ccc(C(=O)Nc3nn(Cc4ccc(Cl)cc4)cc3Br)cc2)c(C)c1Br. The number of hydrogen-bond acceptors (Lipinski definition) is 3. The van der Waals surface area contributed by atoms with Gasteiger partial charge in [0, 0.05) is 16.8 Å². The molecule has 1 N–H and O–H groups in total. The molecule has 2 aromatic heterocycles. The van der Waals surface area contributed by atoms with Crippen LogP contribution >= 0.6 is 43.5 Å². The van der Waals surface area contributed by atoms with Crippen molar-refractivity contribution in [2.45, 2.75) is 26.9 Å². The fraction of sp³-hybridized carbons (Fsp3) is 0.174. The van der Waals surface area contributed by atoms with E-state index in [9.17, 15) is 4.79 Å². The summed E-state index contributed by atoms with van der Waals surface area (Å²) in [6, 6.07) is 15.1. The lowest BCUT2D eigenvalue weighted by atomic mass is 10.1. The Balaban J connectivity index is 1.42. The highest BCUT2D eigenvalue weighted by Gasteiger charge is 2.13. The predicted molar refractivity (Wildman–Crippen MR) is 133 cm³/mol. The second-order valence-corrected chi connectivity index (χ2v) is 9.53. The molecule has 0 spiro atoms. The molecule has 0 radical (unpaired) electrons. The second kappa shape index (κ2) is 9.60. The standard InChI is InChI=1S/C23H20Br2ClN5O/c1-14-21(25)15(2)31(28-14)12-17-3-7-18(8-4-17)23(32)27-22-20(24)13-30(29-22)11-16-5-9-19(26)10-6-16/h3-10,13H,11-12H2,1-2H3,(H,27,29,32). The Bertz CT molecular complexity index is 1260. The normalized spacial score (nSPS) is 11.0. The topological polar surface area (TPSA) is 64.7 Å². The van der Waals surface area contributed by atoms with Crippen LogP contribution in [0.2, 0.25) is 5.02 Å². The lowest BCUT2D eigenvalue weighted by molar-refractivity contribution is 0.102. The maximum Gasteiger partial charge on any atom is 0.256 e. The Hall–Kier alpha value is -2.42. The highest BCUT2D eigenvalue weighted by atomic mass is 79.9. The number of nitrogens with one attached hydrogen (secondary N) is 1. The zero-order valence-electron chi connectivity index (χ0n) is 17.4. The van der Waals surface area contributed by atoms with Gasteiger partial charge in [-0.05, 0) is 81.1 Å². The van der Waals surface area contributed by atoms with Crippen molar-refractivity contribution in [3.63, 3.8) is 0 Å². The molecule has 0 saturated carbocycles. The molecule has 0 saturated heterocycles. The van der Waals surface area contributed by atoms with Crippen LogP contribution in [0.3, 0.4) is 0 Å². The summed E-state index contributed by atoms with van der Waals surface area (Å²) in [4.78, 5) is 12.7. The number of rotatable bonds is 6. The van der Waals surface area contributed by atoms with Crippen LogP contribution in [0.25, 0.3) is 0 Å². The van der Waals surface area contributed by atoms with E-state index in [4.69, 9.17) is 11.6 Å². The third-order valence-corrected chi connectivity index (χ3v) is 7.03. The Morgan fingerprint density at radius 3 is 2.22 bits per heavy atom. The molecule has 0 aliphatic heterocycles. The van der Waals surface area contributed by atoms with E-state index in [2.05, 4.69) is 47.4 Å². The first-order valence-electron chi connectivity index (χ1n) is 9.87. The number of carbonyl (C=O) groups excluding carboxylic acids is 1. The first-order valence-corrected chi connectivity index (χ1v) is 11.8. The Kier molecular flexibility index (Phi) is 6.83. The van der Waals surface area contributed by atoms with E-state index in [1.54, 1.807) is 4.68 Å². The van der Waals surface area contributed by atoms with Crippen molar-refractivity contribution < 1.29 is 4.79 Å². The lowest BCUT2D eigenvalue weighted by Crippen LogP contribution is -2.13. The van der Waals surface area contributed by atoms with Crippen LogP contribution < -0.4 is 5.32 Å². The maximum atomic E-state index is 12.7. The molecule has 2 aromatic carbocycles. The molecule has 6 nitrogen and oxygen atoms in total. The summed E-state index contributed by atoms with van der Waals surface area (Å²) in [6.07, 6.45) is 1.83. The highest BCUT2D eigenvalue weighted by molar-refractivity contribution is 9.11. The number of hydrogen-bond donors (Lipinski definition) is 1. The largest absolute Gasteiger partial charge is 0.304 e. The molecule has 2 heterocycles. The minimum atomic E-state index is -0.220. The average molecular weight is 578 g/mol. The van der Waals surface area contributed by atoms with E-state index in [-0.39, 0.29) is 5.91 Å². The molecular formula is C23H20Br2ClN5O. The van der Waals surface area contributed by atoms with Gasteiger partial charge in [-0.2, -0.15) is 10.2 Å². The van der Waals surface area contributed by atoms with Gasteiger partial charge >= 0.3 is 0 Å². The van der Waals surface area contributed by atoms with Crippen molar-refractivity contribution >= 4 is 55.2 Å². The molecule has 0 aliphatic rings. The summed E-state index contributed by atoms with van der Waals surface area (Å²) in [6.45, 7) is 5.20. The van der Waals surface area contributed by atoms with E-state index in [0.717, 1.165) is 27.0 Å². The van der Waals surface area contributed by atoms with E-state index < -0.39 is 0 Å². The Labute approximate surface area is 207 Å². The quantitative estimate of drug-likeness (QED) is 0.296. The van der Waals surface area contributed by atoms with Crippen molar-refractivity contribution in [2.24, 2.45) is 0 Å². The molecule has 0 atom stereocenters. The summed E-state index contributed by atoms with van der Waals surface area (Å²) in [5, 5.41) is 12.6. The maximum absolute atomic E-state index is 12.7. The van der Waals surface area contributed by atoms with Crippen molar-refractivity contribution in [1.29, 1.82) is 0 Å². The summed E-state index contributed by atoms with van der Waals surface area (Å²) >= 11 is 13.0. The van der Waals surface area contributed by atoms with Crippen molar-refractivity contribution in [1.82, 2.24) is 19.6 Å². The van der Waals surface area contributed by atoms with Gasteiger partial charge in [0.15, 0.2) is 5.82 Å². The average Bonchev–Trinajstić information content (AvgIpc) is 3.23. The highest BCUT2D eigenvalue weighted by Crippen LogP contribution is 2.23. The fourth-order valence-corrected chi connectivity index (χ4v) is 4.11. The van der Waals surface area contributed by atoms with Crippen LogP contribution in [0.5, 0.6) is 0 Å². The van der Waals surface area contributed by atoms with Crippen LogP contribution in [-0.4, -0.2) is 25.5 Å². The molecule has 32 heavy (non-hydrogen) atoms. The molecule has 0 unspecified atom stereocenters. The smallest absolute Gasteiger partial charge is 0.256 e. The van der Waals surface area contributed by atoms with Gasteiger partial charge in [0.1, 0.15) is 0 Å². The minimum absolute atomic E-state index is 0.220. The van der Waals surface area contributed by atoms with Crippen LogP contribution in [0.15, 0.2) is 63.7 Å². The van der Waals surface area contributed by atoms with Crippen molar-refractivity contribution in [3.05, 3.63) is 96.8 Å². The summed E-state index contributed by atoms with van der Waals surface area (Å²) < 4.78 is 5.44. The zero-order chi connectivity index (χ0) is 22.8. The molecule has 9 heteroatoms. The third kappa shape index (κ3) is 5.14. The summed E-state index contributed by atoms with van der Waals surface area (Å²) in [7, 11) is 0. The van der Waals surface area contributed by atoms with Gasteiger partial charge in [0.2, 0.25) is 0 Å². The van der Waals surface area contributed by atoms with Crippen LogP contribution in [0.4, 0.5) is 5.82 Å². The Morgan fingerprint density at radius 1 is 0.969 bits per heavy atom. The number of nitrogens with zero attached hydrogens (tertiary/aromatic N) is 4. The molecule has 1 amide bonds. The predicted octanol–water partition coefficient (Wildman–Crippen LogP) is 6.22. The lowest BCUT2D eigenvalue weighted by Gasteiger charge is -2.07. The van der Waals surface area contributed by atoms with Crippen LogP contribution in [-0.2, 0) is 13.1 Å².